The first kappa shape index (κ1) is 15.8. The third kappa shape index (κ3) is 2.60. The molecule has 2 aromatic rings. The van der Waals surface area contributed by atoms with E-state index in [0.717, 1.165) is 29.8 Å². The number of phenolic OH excluding ortho intramolecular Hbond substituents is 1. The number of phenols is 1. The number of hydrogen-bond donors (Lipinski definition) is 2. The zero-order chi connectivity index (χ0) is 17.6. The van der Waals surface area contributed by atoms with E-state index >= 15 is 0 Å². The predicted octanol–water partition coefficient (Wildman–Crippen LogP) is 3.28. The maximum Gasteiger partial charge on any atom is 0.140 e. The molecule has 3 unspecified atom stereocenters. The van der Waals surface area contributed by atoms with Crippen molar-refractivity contribution < 1.29 is 14.6 Å². The fraction of sp³-hybridized carbons (Fsp3) is 0.350. The molecular formula is C20H22N2O3. The summed E-state index contributed by atoms with van der Waals surface area (Å²) in [6, 6.07) is 13.4. The highest BCUT2D eigenvalue weighted by Crippen LogP contribution is 2.48. The number of fused-ring (bicyclic) bond motifs is 3. The Morgan fingerprint density at radius 1 is 1.20 bits per heavy atom. The first-order chi connectivity index (χ1) is 12.1. The van der Waals surface area contributed by atoms with Gasteiger partial charge in [-0.25, -0.2) is 0 Å². The topological polar surface area (TPSA) is 75.8 Å². The van der Waals surface area contributed by atoms with Crippen molar-refractivity contribution in [3.8, 4) is 11.5 Å². The Hall–Kier alpha value is -2.69. The number of carbonyl (C=O) groups is 1. The number of anilines is 2. The number of nitrogen functional groups attached to an aromatic ring is 1. The molecule has 2 bridgehead atoms. The Morgan fingerprint density at radius 3 is 2.76 bits per heavy atom. The van der Waals surface area contributed by atoms with Crippen LogP contribution in [-0.2, 0) is 4.79 Å². The maximum atomic E-state index is 12.6. The lowest BCUT2D eigenvalue weighted by atomic mass is 9.71. The molecule has 5 nitrogen and oxygen atoms in total. The molecule has 0 amide bonds. The third-order valence-electron chi connectivity index (χ3n) is 5.48. The maximum absolute atomic E-state index is 12.6. The van der Waals surface area contributed by atoms with Gasteiger partial charge in [-0.1, -0.05) is 12.1 Å². The molecule has 1 aliphatic carbocycles. The average Bonchev–Trinajstić information content (AvgIpc) is 2.63. The highest BCUT2D eigenvalue weighted by molar-refractivity contribution is 5.86. The van der Waals surface area contributed by atoms with E-state index in [1.54, 1.807) is 19.2 Å². The highest BCUT2D eigenvalue weighted by Gasteiger charge is 2.47. The zero-order valence-electron chi connectivity index (χ0n) is 14.2. The minimum absolute atomic E-state index is 0.0415. The summed E-state index contributed by atoms with van der Waals surface area (Å²) in [5.74, 6) is 1.16. The normalized spacial score (nSPS) is 25.2. The van der Waals surface area contributed by atoms with Crippen LogP contribution >= 0.6 is 0 Å². The molecule has 3 N–H and O–H groups in total. The number of benzene rings is 2. The molecular weight excluding hydrogens is 316 g/mol. The van der Waals surface area contributed by atoms with Crippen LogP contribution in [0.3, 0.4) is 0 Å². The molecule has 3 fully saturated rings. The monoisotopic (exact) mass is 338 g/mol. The van der Waals surface area contributed by atoms with E-state index in [1.807, 2.05) is 24.3 Å². The fourth-order valence-corrected chi connectivity index (χ4v) is 4.30. The predicted molar refractivity (Wildman–Crippen MR) is 96.9 cm³/mol. The summed E-state index contributed by atoms with van der Waals surface area (Å²) in [5, 5.41) is 9.76. The molecule has 2 heterocycles. The number of carbonyl (C=O) groups excluding carboxylic acids is 1. The standard InChI is InChI=1S/C20H22N2O3/c1-25-15-4-2-3-13(10-15)22-14-6-7-16(19(24)11-14)20(22)12-5-8-18(23)17(21)9-12/h2-5,8-10,14,16,20,23H,6-7,11,21H2,1H3. The van der Waals surface area contributed by atoms with Crippen molar-refractivity contribution in [3.63, 3.8) is 0 Å². The van der Waals surface area contributed by atoms with E-state index in [1.165, 1.54) is 0 Å². The van der Waals surface area contributed by atoms with Crippen LogP contribution in [-0.4, -0.2) is 24.0 Å². The van der Waals surface area contributed by atoms with Crippen molar-refractivity contribution in [1.29, 1.82) is 0 Å². The molecule has 0 radical (unpaired) electrons. The average molecular weight is 338 g/mol. The van der Waals surface area contributed by atoms with Gasteiger partial charge in [0.25, 0.3) is 0 Å². The van der Waals surface area contributed by atoms with E-state index in [-0.39, 0.29) is 23.8 Å². The first-order valence-electron chi connectivity index (χ1n) is 8.62. The van der Waals surface area contributed by atoms with Gasteiger partial charge in [-0.3, -0.25) is 4.79 Å². The van der Waals surface area contributed by atoms with E-state index in [0.29, 0.717) is 17.9 Å². The number of Topliss-reactive ketones (excluding diaryl/α,β-unsaturated/α-hetero) is 1. The second-order valence-corrected chi connectivity index (χ2v) is 6.88. The summed E-state index contributed by atoms with van der Waals surface area (Å²) in [7, 11) is 1.66. The van der Waals surface area contributed by atoms with Crippen LogP contribution in [0.25, 0.3) is 0 Å². The van der Waals surface area contributed by atoms with Gasteiger partial charge in [0.15, 0.2) is 0 Å². The van der Waals surface area contributed by atoms with Crippen LogP contribution in [0.4, 0.5) is 11.4 Å². The lowest BCUT2D eigenvalue weighted by molar-refractivity contribution is -0.128. The van der Waals surface area contributed by atoms with Gasteiger partial charge < -0.3 is 20.5 Å². The zero-order valence-corrected chi connectivity index (χ0v) is 14.2. The summed E-state index contributed by atoms with van der Waals surface area (Å²) in [6.45, 7) is 0. The number of methoxy groups -OCH3 is 1. The Kier molecular flexibility index (Phi) is 3.79. The Balaban J connectivity index is 1.81. The number of hydrogen-bond acceptors (Lipinski definition) is 5. The van der Waals surface area contributed by atoms with Crippen molar-refractivity contribution in [2.24, 2.45) is 5.92 Å². The molecule has 0 spiro atoms. The number of nitrogens with zero attached hydrogens (tertiary/aromatic N) is 1. The second kappa shape index (κ2) is 5.99. The van der Waals surface area contributed by atoms with Gasteiger partial charge >= 0.3 is 0 Å². The van der Waals surface area contributed by atoms with Crippen LogP contribution < -0.4 is 15.4 Å². The minimum atomic E-state index is -0.0602. The summed E-state index contributed by atoms with van der Waals surface area (Å²) in [5.41, 5.74) is 8.29. The molecule has 2 aromatic carbocycles. The van der Waals surface area contributed by atoms with Gasteiger partial charge in [0.2, 0.25) is 0 Å². The lowest BCUT2D eigenvalue weighted by Gasteiger charge is -2.52. The third-order valence-corrected chi connectivity index (χ3v) is 5.48. The SMILES string of the molecule is COc1cccc(N2C3CCC(C(=O)C3)C2c2ccc(O)c(N)c2)c1. The molecule has 5 rings (SSSR count). The second-order valence-electron chi connectivity index (χ2n) is 6.88. The summed E-state index contributed by atoms with van der Waals surface area (Å²) < 4.78 is 5.38. The van der Waals surface area contributed by atoms with Gasteiger partial charge in [-0.05, 0) is 42.7 Å². The quantitative estimate of drug-likeness (QED) is 0.663. The highest BCUT2D eigenvalue weighted by atomic mass is 16.5. The van der Waals surface area contributed by atoms with E-state index in [2.05, 4.69) is 11.0 Å². The number of piperidine rings is 2. The number of rotatable bonds is 3. The van der Waals surface area contributed by atoms with Crippen molar-refractivity contribution in [1.82, 2.24) is 0 Å². The molecule has 3 atom stereocenters. The fourth-order valence-electron chi connectivity index (χ4n) is 4.30. The smallest absolute Gasteiger partial charge is 0.140 e. The molecule has 2 aliphatic heterocycles. The van der Waals surface area contributed by atoms with Crippen molar-refractivity contribution in [2.75, 3.05) is 17.7 Å². The van der Waals surface area contributed by atoms with Gasteiger partial charge in [-0.15, -0.1) is 0 Å². The molecule has 1 saturated carbocycles. The summed E-state index contributed by atoms with van der Waals surface area (Å²) in [6.07, 6.45) is 2.50. The molecule has 130 valence electrons. The lowest BCUT2D eigenvalue weighted by Crippen LogP contribution is -2.54. The van der Waals surface area contributed by atoms with Gasteiger partial charge in [-0.2, -0.15) is 0 Å². The number of ketones is 1. The number of ether oxygens (including phenoxy) is 1. The number of nitrogens with two attached hydrogens (primary N) is 1. The van der Waals surface area contributed by atoms with Crippen LogP contribution in [0, 0.1) is 5.92 Å². The summed E-state index contributed by atoms with van der Waals surface area (Å²) in [4.78, 5) is 14.9. The van der Waals surface area contributed by atoms with Gasteiger partial charge in [0.1, 0.15) is 17.3 Å². The van der Waals surface area contributed by atoms with Crippen LogP contribution in [0.1, 0.15) is 30.9 Å². The molecule has 25 heavy (non-hydrogen) atoms. The number of aromatic hydroxyl groups is 1. The van der Waals surface area contributed by atoms with Crippen molar-refractivity contribution >= 4 is 17.2 Å². The summed E-state index contributed by atoms with van der Waals surface area (Å²) >= 11 is 0. The molecule has 3 aliphatic rings. The Morgan fingerprint density at radius 2 is 2.04 bits per heavy atom. The van der Waals surface area contributed by atoms with Crippen LogP contribution in [0.2, 0.25) is 0 Å². The van der Waals surface area contributed by atoms with Gasteiger partial charge in [0, 0.05) is 30.1 Å². The Labute approximate surface area is 147 Å². The van der Waals surface area contributed by atoms with Gasteiger partial charge in [0.05, 0.1) is 18.8 Å². The first-order valence-corrected chi connectivity index (χ1v) is 8.62. The molecule has 5 heteroatoms. The largest absolute Gasteiger partial charge is 0.506 e. The molecule has 2 saturated heterocycles. The minimum Gasteiger partial charge on any atom is -0.506 e. The van der Waals surface area contributed by atoms with E-state index in [9.17, 15) is 9.90 Å². The Bertz CT molecular complexity index is 820. The van der Waals surface area contributed by atoms with Crippen molar-refractivity contribution in [3.05, 3.63) is 48.0 Å². The molecule has 0 aromatic heterocycles. The van der Waals surface area contributed by atoms with E-state index in [4.69, 9.17) is 10.5 Å². The van der Waals surface area contributed by atoms with E-state index < -0.39 is 0 Å². The van der Waals surface area contributed by atoms with Crippen molar-refractivity contribution in [2.45, 2.75) is 31.3 Å². The van der Waals surface area contributed by atoms with Crippen LogP contribution in [0.5, 0.6) is 11.5 Å². The van der Waals surface area contributed by atoms with Crippen LogP contribution in [0.15, 0.2) is 42.5 Å².